The Labute approximate surface area is 173 Å². The molecule has 0 amide bonds. The van der Waals surface area contributed by atoms with Crippen LogP contribution in [-0.4, -0.2) is 53.7 Å². The van der Waals surface area contributed by atoms with E-state index in [0.717, 1.165) is 29.6 Å². The Balaban J connectivity index is 0.00000338. The minimum Gasteiger partial charge on any atom is -0.377 e. The van der Waals surface area contributed by atoms with E-state index in [4.69, 9.17) is 4.74 Å². The van der Waals surface area contributed by atoms with Crippen molar-refractivity contribution >= 4 is 29.9 Å². The zero-order chi connectivity index (χ0) is 18.3. The minimum absolute atomic E-state index is 0. The number of H-pyrrole nitrogens is 1. The fourth-order valence-electron chi connectivity index (χ4n) is 2.31. The van der Waals surface area contributed by atoms with E-state index in [9.17, 15) is 0 Å². The molecule has 0 bridgehead atoms. The Hall–Kier alpha value is -1.61. The molecule has 144 valence electrons. The number of aliphatic imine (C=N–C) groups is 1. The summed E-state index contributed by atoms with van der Waals surface area (Å²) in [6, 6.07) is 10.2. The van der Waals surface area contributed by atoms with Gasteiger partial charge in [0.05, 0.1) is 30.6 Å². The summed E-state index contributed by atoms with van der Waals surface area (Å²) in [6.07, 6.45) is 1.87. The van der Waals surface area contributed by atoms with E-state index in [0.29, 0.717) is 13.1 Å². The maximum absolute atomic E-state index is 5.44. The van der Waals surface area contributed by atoms with Crippen molar-refractivity contribution in [3.05, 3.63) is 42.4 Å². The van der Waals surface area contributed by atoms with Crippen molar-refractivity contribution in [1.82, 2.24) is 20.2 Å². The quantitative estimate of drug-likeness (QED) is 0.369. The van der Waals surface area contributed by atoms with Gasteiger partial charge in [0, 0.05) is 20.7 Å². The van der Waals surface area contributed by atoms with E-state index in [1.54, 1.807) is 7.11 Å². The number of aromatic amines is 1. The topological polar surface area (TPSA) is 65.5 Å². The molecule has 2 rings (SSSR count). The third-order valence-corrected chi connectivity index (χ3v) is 3.96. The predicted molar refractivity (Wildman–Crippen MR) is 118 cm³/mol. The summed E-state index contributed by atoms with van der Waals surface area (Å²) in [4.78, 5) is 14.6. The van der Waals surface area contributed by atoms with Gasteiger partial charge in [0.25, 0.3) is 0 Å². The van der Waals surface area contributed by atoms with Gasteiger partial charge in [0.2, 0.25) is 0 Å². The number of aromatic nitrogens is 2. The van der Waals surface area contributed by atoms with Gasteiger partial charge in [-0.25, -0.2) is 4.98 Å². The zero-order valence-corrected chi connectivity index (χ0v) is 18.6. The summed E-state index contributed by atoms with van der Waals surface area (Å²) in [5.41, 5.74) is 1.87. The van der Waals surface area contributed by atoms with Crippen LogP contribution in [0.5, 0.6) is 0 Å². The maximum Gasteiger partial charge on any atom is 0.194 e. The molecule has 6 nitrogen and oxygen atoms in total. The first-order chi connectivity index (χ1) is 11.9. The largest absolute Gasteiger partial charge is 0.377 e. The molecule has 0 unspecified atom stereocenters. The fraction of sp³-hybridized carbons (Fsp3) is 0.474. The van der Waals surface area contributed by atoms with Crippen LogP contribution in [0.4, 0.5) is 0 Å². The molecule has 2 aromatic rings. The number of ether oxygens (including phenoxy) is 1. The van der Waals surface area contributed by atoms with Gasteiger partial charge in [0.15, 0.2) is 5.96 Å². The Morgan fingerprint density at radius 2 is 2.00 bits per heavy atom. The fourth-order valence-corrected chi connectivity index (χ4v) is 2.31. The number of hydrogen-bond acceptors (Lipinski definition) is 3. The summed E-state index contributed by atoms with van der Waals surface area (Å²) in [5.74, 6) is 1.74. The lowest BCUT2D eigenvalue weighted by atomic mass is 10.1. The summed E-state index contributed by atoms with van der Waals surface area (Å²) in [6.45, 7) is 8.16. The average molecular weight is 471 g/mol. The van der Waals surface area contributed by atoms with E-state index in [1.165, 1.54) is 0 Å². The van der Waals surface area contributed by atoms with Gasteiger partial charge in [-0.05, 0) is 26.3 Å². The molecule has 0 atom stereocenters. The molecule has 0 aliphatic carbocycles. The number of halogens is 1. The molecule has 0 fully saturated rings. The Bertz CT molecular complexity index is 684. The SMILES string of the molecule is CCNC(=NCC(C)(C)OC)N(C)Cc1ncc(-c2ccccc2)[nH]1.I. The standard InChI is InChI=1S/C19H29N5O.HI/c1-6-20-18(22-14-19(2,3)25-5)24(4)13-17-21-12-16(23-17)15-10-8-7-9-11-15;/h7-12H,6,13-14H2,1-5H3,(H,20,22)(H,21,23);1H. The summed E-state index contributed by atoms with van der Waals surface area (Å²) in [5, 5.41) is 3.32. The lowest BCUT2D eigenvalue weighted by molar-refractivity contribution is 0.0309. The molecular formula is C19H30IN5O. The third kappa shape index (κ3) is 6.60. The molecule has 0 spiro atoms. The summed E-state index contributed by atoms with van der Waals surface area (Å²) in [7, 11) is 3.71. The van der Waals surface area contributed by atoms with Crippen LogP contribution in [0.1, 0.15) is 26.6 Å². The number of methoxy groups -OCH3 is 1. The number of guanidine groups is 1. The van der Waals surface area contributed by atoms with Crippen LogP contribution in [0.3, 0.4) is 0 Å². The lowest BCUT2D eigenvalue weighted by Gasteiger charge is -2.24. The maximum atomic E-state index is 5.44. The molecule has 2 N–H and O–H groups in total. The predicted octanol–water partition coefficient (Wildman–Crippen LogP) is 3.52. The van der Waals surface area contributed by atoms with Crippen LogP contribution >= 0.6 is 24.0 Å². The van der Waals surface area contributed by atoms with Crippen LogP contribution in [0, 0.1) is 0 Å². The van der Waals surface area contributed by atoms with Crippen molar-refractivity contribution in [1.29, 1.82) is 0 Å². The molecule has 0 aliphatic rings. The van der Waals surface area contributed by atoms with Crippen LogP contribution in [0.15, 0.2) is 41.5 Å². The van der Waals surface area contributed by atoms with Gasteiger partial charge in [-0.15, -0.1) is 24.0 Å². The number of benzene rings is 1. The van der Waals surface area contributed by atoms with Crippen molar-refractivity contribution in [3.63, 3.8) is 0 Å². The second-order valence-electron chi connectivity index (χ2n) is 6.60. The van der Waals surface area contributed by atoms with Gasteiger partial charge in [-0.3, -0.25) is 4.99 Å². The molecular weight excluding hydrogens is 441 g/mol. The third-order valence-electron chi connectivity index (χ3n) is 3.96. The van der Waals surface area contributed by atoms with Crippen molar-refractivity contribution in [3.8, 4) is 11.3 Å². The molecule has 0 saturated carbocycles. The number of nitrogens with one attached hydrogen (secondary N) is 2. The molecule has 0 aliphatic heterocycles. The van der Waals surface area contributed by atoms with Crippen molar-refractivity contribution in [2.45, 2.75) is 32.9 Å². The normalized spacial score (nSPS) is 11.8. The first kappa shape index (κ1) is 22.4. The van der Waals surface area contributed by atoms with Crippen molar-refractivity contribution in [2.75, 3.05) is 27.2 Å². The second kappa shape index (κ2) is 10.5. The molecule has 1 aromatic heterocycles. The highest BCUT2D eigenvalue weighted by Gasteiger charge is 2.17. The Morgan fingerprint density at radius 3 is 2.62 bits per heavy atom. The van der Waals surface area contributed by atoms with Gasteiger partial charge in [-0.2, -0.15) is 0 Å². The molecule has 1 aromatic carbocycles. The minimum atomic E-state index is -0.285. The van der Waals surface area contributed by atoms with Crippen LogP contribution < -0.4 is 5.32 Å². The van der Waals surface area contributed by atoms with Crippen molar-refractivity contribution in [2.24, 2.45) is 4.99 Å². The van der Waals surface area contributed by atoms with Crippen LogP contribution in [0.25, 0.3) is 11.3 Å². The van der Waals surface area contributed by atoms with Crippen LogP contribution in [-0.2, 0) is 11.3 Å². The molecule has 7 heteroatoms. The first-order valence-electron chi connectivity index (χ1n) is 8.59. The summed E-state index contributed by atoms with van der Waals surface area (Å²) < 4.78 is 5.44. The van der Waals surface area contributed by atoms with Gasteiger partial charge in [0.1, 0.15) is 5.82 Å². The van der Waals surface area contributed by atoms with E-state index in [1.807, 2.05) is 45.3 Å². The van der Waals surface area contributed by atoms with Crippen molar-refractivity contribution < 1.29 is 4.74 Å². The van der Waals surface area contributed by atoms with Gasteiger partial charge < -0.3 is 19.9 Å². The number of imidazole rings is 1. The number of nitrogens with zero attached hydrogens (tertiary/aromatic N) is 3. The molecule has 1 heterocycles. The van der Waals surface area contributed by atoms with E-state index < -0.39 is 0 Å². The monoisotopic (exact) mass is 471 g/mol. The highest BCUT2D eigenvalue weighted by Crippen LogP contribution is 2.16. The number of rotatable bonds is 7. The Kier molecular flexibility index (Phi) is 9.07. The van der Waals surface area contributed by atoms with Gasteiger partial charge >= 0.3 is 0 Å². The highest BCUT2D eigenvalue weighted by molar-refractivity contribution is 14.0. The lowest BCUT2D eigenvalue weighted by Crippen LogP contribution is -2.40. The van der Waals surface area contributed by atoms with E-state index in [-0.39, 0.29) is 29.6 Å². The summed E-state index contributed by atoms with van der Waals surface area (Å²) >= 11 is 0. The highest BCUT2D eigenvalue weighted by atomic mass is 127. The first-order valence-corrected chi connectivity index (χ1v) is 8.59. The number of hydrogen-bond donors (Lipinski definition) is 2. The zero-order valence-electron chi connectivity index (χ0n) is 16.2. The van der Waals surface area contributed by atoms with E-state index in [2.05, 4.69) is 44.2 Å². The molecule has 26 heavy (non-hydrogen) atoms. The second-order valence-corrected chi connectivity index (χ2v) is 6.60. The molecule has 0 radical (unpaired) electrons. The smallest absolute Gasteiger partial charge is 0.194 e. The Morgan fingerprint density at radius 1 is 1.31 bits per heavy atom. The molecule has 0 saturated heterocycles. The van der Waals surface area contributed by atoms with Crippen LogP contribution in [0.2, 0.25) is 0 Å². The average Bonchev–Trinajstić information content (AvgIpc) is 3.07. The van der Waals surface area contributed by atoms with E-state index >= 15 is 0 Å². The van der Waals surface area contributed by atoms with Gasteiger partial charge in [-0.1, -0.05) is 30.3 Å².